The minimum atomic E-state index is -0.674. The summed E-state index contributed by atoms with van der Waals surface area (Å²) in [5, 5.41) is 11.0. The van der Waals surface area contributed by atoms with Crippen molar-refractivity contribution in [3.05, 3.63) is 108 Å². The minimum absolute atomic E-state index is 0.0320. The molecule has 5 rings (SSSR count). The second-order valence-electron chi connectivity index (χ2n) is 9.01. The fraction of sp³-hybridized carbons (Fsp3) is 0.0909. The first kappa shape index (κ1) is 27.6. The summed E-state index contributed by atoms with van der Waals surface area (Å²) in [6.07, 6.45) is 5.28. The third-order valence-electron chi connectivity index (χ3n) is 6.62. The first-order chi connectivity index (χ1) is 19.9. The number of pyridine rings is 2. The Kier molecular flexibility index (Phi) is 8.12. The molecule has 204 valence electrons. The Morgan fingerprint density at radius 2 is 1.20 bits per heavy atom. The van der Waals surface area contributed by atoms with Crippen LogP contribution in [0.3, 0.4) is 0 Å². The van der Waals surface area contributed by atoms with Crippen LogP contribution in [0, 0.1) is 0 Å². The number of hydrogen-bond acceptors (Lipinski definition) is 8. The summed E-state index contributed by atoms with van der Waals surface area (Å²) in [7, 11) is 2.62. The third kappa shape index (κ3) is 5.55. The molecule has 0 atom stereocenters. The number of nitrogens with zero attached hydrogens (tertiary/aromatic N) is 2. The summed E-state index contributed by atoms with van der Waals surface area (Å²) in [6.45, 7) is 0. The number of phenolic OH excluding ortho intramolecular Hbond substituents is 1. The summed E-state index contributed by atoms with van der Waals surface area (Å²) in [5.41, 5.74) is 5.80. The lowest BCUT2D eigenvalue weighted by atomic mass is 9.91. The molecule has 2 aromatic heterocycles. The van der Waals surface area contributed by atoms with Crippen molar-refractivity contribution in [1.29, 1.82) is 0 Å². The van der Waals surface area contributed by atoms with E-state index in [4.69, 9.17) is 9.47 Å². The van der Waals surface area contributed by atoms with Crippen LogP contribution in [0.1, 0.15) is 20.7 Å². The van der Waals surface area contributed by atoms with E-state index in [9.17, 15) is 14.7 Å². The summed E-state index contributed by atoms with van der Waals surface area (Å²) in [6, 6.07) is 25.7. The molecule has 1 N–H and O–H groups in total. The second kappa shape index (κ2) is 12.1. The molecule has 0 fully saturated rings. The van der Waals surface area contributed by atoms with E-state index in [0.29, 0.717) is 33.5 Å². The Morgan fingerprint density at radius 1 is 0.659 bits per heavy atom. The minimum Gasteiger partial charge on any atom is -0.507 e. The van der Waals surface area contributed by atoms with Crippen LogP contribution in [0.4, 0.5) is 0 Å². The SMILES string of the molecule is COC(=O)c1c(O)cc(-c2ccccn2)cc1-c1cccc(-c2cc(-c3ccccn3)cc(SC)c2C(=O)OC)c1. The quantitative estimate of drug-likeness (QED) is 0.165. The van der Waals surface area contributed by atoms with Gasteiger partial charge < -0.3 is 14.6 Å². The fourth-order valence-electron chi connectivity index (χ4n) is 4.70. The number of aromatic hydroxyl groups is 1. The molecule has 0 saturated carbocycles. The van der Waals surface area contributed by atoms with Crippen LogP contribution in [0.15, 0.2) is 102 Å². The van der Waals surface area contributed by atoms with Crippen molar-refractivity contribution in [1.82, 2.24) is 9.97 Å². The molecule has 0 radical (unpaired) electrons. The predicted octanol–water partition coefficient (Wildman–Crippen LogP) is 7.15. The zero-order valence-corrected chi connectivity index (χ0v) is 23.4. The molecule has 0 amide bonds. The van der Waals surface area contributed by atoms with Gasteiger partial charge >= 0.3 is 11.9 Å². The maximum atomic E-state index is 13.1. The predicted molar refractivity (Wildman–Crippen MR) is 160 cm³/mol. The van der Waals surface area contributed by atoms with Crippen molar-refractivity contribution in [2.24, 2.45) is 0 Å². The molecule has 7 nitrogen and oxygen atoms in total. The van der Waals surface area contributed by atoms with Crippen LogP contribution in [-0.4, -0.2) is 47.5 Å². The van der Waals surface area contributed by atoms with Crippen LogP contribution >= 0.6 is 11.8 Å². The van der Waals surface area contributed by atoms with E-state index in [1.165, 1.54) is 32.0 Å². The van der Waals surface area contributed by atoms with Gasteiger partial charge in [-0.15, -0.1) is 11.8 Å². The lowest BCUT2D eigenvalue weighted by molar-refractivity contribution is 0.0589. The molecule has 8 heteroatoms. The van der Waals surface area contributed by atoms with Gasteiger partial charge in [0.2, 0.25) is 0 Å². The highest BCUT2D eigenvalue weighted by Gasteiger charge is 2.23. The number of ether oxygens (including phenoxy) is 2. The molecule has 0 spiro atoms. The Bertz CT molecular complexity index is 1740. The fourth-order valence-corrected chi connectivity index (χ4v) is 5.35. The van der Waals surface area contributed by atoms with Gasteiger partial charge in [0.25, 0.3) is 0 Å². The molecule has 0 aliphatic carbocycles. The first-order valence-corrected chi connectivity index (χ1v) is 13.9. The molecule has 0 aliphatic heterocycles. The largest absolute Gasteiger partial charge is 0.507 e. The van der Waals surface area contributed by atoms with E-state index >= 15 is 0 Å². The number of methoxy groups -OCH3 is 2. The van der Waals surface area contributed by atoms with Crippen molar-refractivity contribution >= 4 is 23.7 Å². The summed E-state index contributed by atoms with van der Waals surface area (Å²) >= 11 is 1.44. The highest BCUT2D eigenvalue weighted by molar-refractivity contribution is 7.98. The van der Waals surface area contributed by atoms with E-state index in [0.717, 1.165) is 21.7 Å². The number of aromatic nitrogens is 2. The number of phenols is 1. The van der Waals surface area contributed by atoms with Crippen molar-refractivity contribution in [3.8, 4) is 50.5 Å². The van der Waals surface area contributed by atoms with E-state index in [1.807, 2.05) is 73.0 Å². The van der Waals surface area contributed by atoms with Crippen molar-refractivity contribution in [2.75, 3.05) is 20.5 Å². The maximum absolute atomic E-state index is 13.1. The number of rotatable bonds is 7. The van der Waals surface area contributed by atoms with Gasteiger partial charge in [-0.2, -0.15) is 0 Å². The maximum Gasteiger partial charge on any atom is 0.342 e. The van der Waals surface area contributed by atoms with E-state index in [2.05, 4.69) is 9.97 Å². The summed E-state index contributed by atoms with van der Waals surface area (Å²) in [4.78, 5) is 35.5. The average molecular weight is 563 g/mol. The lowest BCUT2D eigenvalue weighted by Crippen LogP contribution is -2.07. The van der Waals surface area contributed by atoms with Gasteiger partial charge in [0, 0.05) is 34.0 Å². The standard InChI is InChI=1S/C33H26N2O5S/c1-39-32(37)30-24(16-22(18-28(30)36)26-11-4-6-13-34-26)20-9-8-10-21(15-20)25-17-23(27-12-5-7-14-35-27)19-29(41-3)31(25)33(38)40-2/h4-19,36H,1-3H3. The van der Waals surface area contributed by atoms with Crippen LogP contribution in [0.25, 0.3) is 44.8 Å². The van der Waals surface area contributed by atoms with E-state index < -0.39 is 11.9 Å². The average Bonchev–Trinajstić information content (AvgIpc) is 3.03. The van der Waals surface area contributed by atoms with Gasteiger partial charge in [0.1, 0.15) is 11.3 Å². The zero-order valence-electron chi connectivity index (χ0n) is 22.6. The van der Waals surface area contributed by atoms with Gasteiger partial charge in [-0.25, -0.2) is 9.59 Å². The molecule has 0 unspecified atom stereocenters. The highest BCUT2D eigenvalue weighted by atomic mass is 32.2. The van der Waals surface area contributed by atoms with Crippen LogP contribution in [0.2, 0.25) is 0 Å². The molecule has 3 aromatic carbocycles. The molecule has 0 bridgehead atoms. The highest BCUT2D eigenvalue weighted by Crippen LogP contribution is 2.40. The molecule has 5 aromatic rings. The number of carbonyl (C=O) groups is 2. The topological polar surface area (TPSA) is 98.6 Å². The summed E-state index contributed by atoms with van der Waals surface area (Å²) < 4.78 is 10.2. The number of benzene rings is 3. The molecular weight excluding hydrogens is 536 g/mol. The Morgan fingerprint density at radius 3 is 1.71 bits per heavy atom. The van der Waals surface area contributed by atoms with Crippen LogP contribution in [-0.2, 0) is 9.47 Å². The van der Waals surface area contributed by atoms with Gasteiger partial charge in [-0.1, -0.05) is 30.3 Å². The van der Waals surface area contributed by atoms with Gasteiger partial charge in [0.05, 0.1) is 31.2 Å². The second-order valence-corrected chi connectivity index (χ2v) is 9.86. The molecular formula is C33H26N2O5S. The zero-order chi connectivity index (χ0) is 28.9. The van der Waals surface area contributed by atoms with Gasteiger partial charge in [-0.3, -0.25) is 9.97 Å². The van der Waals surface area contributed by atoms with Gasteiger partial charge in [-0.05, 0) is 77.5 Å². The first-order valence-electron chi connectivity index (χ1n) is 12.6. The third-order valence-corrected chi connectivity index (χ3v) is 7.39. The van der Waals surface area contributed by atoms with Gasteiger partial charge in [0.15, 0.2) is 0 Å². The smallest absolute Gasteiger partial charge is 0.342 e. The number of carbonyl (C=O) groups excluding carboxylic acids is 2. The molecule has 0 aliphatic rings. The lowest BCUT2D eigenvalue weighted by Gasteiger charge is -2.17. The van der Waals surface area contributed by atoms with Crippen molar-refractivity contribution in [3.63, 3.8) is 0 Å². The van der Waals surface area contributed by atoms with Crippen LogP contribution < -0.4 is 0 Å². The molecule has 2 heterocycles. The monoisotopic (exact) mass is 562 g/mol. The normalized spacial score (nSPS) is 10.7. The van der Waals surface area contributed by atoms with Crippen LogP contribution in [0.5, 0.6) is 5.75 Å². The van der Waals surface area contributed by atoms with E-state index in [-0.39, 0.29) is 11.3 Å². The van der Waals surface area contributed by atoms with Crippen molar-refractivity contribution in [2.45, 2.75) is 4.90 Å². The molecule has 41 heavy (non-hydrogen) atoms. The number of esters is 2. The van der Waals surface area contributed by atoms with E-state index in [1.54, 1.807) is 24.5 Å². The molecule has 0 saturated heterocycles. The van der Waals surface area contributed by atoms with Crippen molar-refractivity contribution < 1.29 is 24.2 Å². The number of hydrogen-bond donors (Lipinski definition) is 1. The Labute approximate surface area is 241 Å². The number of thioether (sulfide) groups is 1. The Balaban J connectivity index is 1.75. The summed E-state index contributed by atoms with van der Waals surface area (Å²) in [5.74, 6) is -1.36. The Hall–Kier alpha value is -4.95.